The topological polar surface area (TPSA) is 32.3 Å². The predicted molar refractivity (Wildman–Crippen MR) is 79.5 cm³/mol. The fraction of sp³-hybridized carbons (Fsp3) is 0.562. The molecule has 2 rings (SSSR count). The van der Waals surface area contributed by atoms with E-state index < -0.39 is 0 Å². The summed E-state index contributed by atoms with van der Waals surface area (Å²) in [6.45, 7) is 2.71. The van der Waals surface area contributed by atoms with Crippen LogP contribution in [0.25, 0.3) is 0 Å². The summed E-state index contributed by atoms with van der Waals surface area (Å²) in [5, 5.41) is 3.20. The molecule has 19 heavy (non-hydrogen) atoms. The van der Waals surface area contributed by atoms with Crippen molar-refractivity contribution in [2.45, 2.75) is 51.5 Å². The lowest BCUT2D eigenvalue weighted by Gasteiger charge is -2.25. The summed E-state index contributed by atoms with van der Waals surface area (Å²) in [5.74, 6) is 0. The standard InChI is InChI=1S/C16H24N2O/c1-2-18(15-12-8-5-9-13-15)16(19)17-14-10-6-3-4-7-11-14/h5,8-9,12-14H,2-4,6-7,10-11H2,1H3,(H,17,19). The molecular weight excluding hydrogens is 236 g/mol. The van der Waals surface area contributed by atoms with Gasteiger partial charge >= 0.3 is 6.03 Å². The van der Waals surface area contributed by atoms with Gasteiger partial charge in [-0.1, -0.05) is 43.9 Å². The number of rotatable bonds is 3. The Balaban J connectivity index is 1.96. The minimum Gasteiger partial charge on any atom is -0.335 e. The number of nitrogens with one attached hydrogen (secondary N) is 1. The molecule has 0 saturated heterocycles. The molecule has 104 valence electrons. The molecule has 1 aromatic rings. The van der Waals surface area contributed by atoms with Gasteiger partial charge in [-0.05, 0) is 31.9 Å². The second-order valence-corrected chi connectivity index (χ2v) is 5.22. The van der Waals surface area contributed by atoms with Crippen molar-refractivity contribution in [2.75, 3.05) is 11.4 Å². The van der Waals surface area contributed by atoms with Gasteiger partial charge in [0.05, 0.1) is 0 Å². The Hall–Kier alpha value is -1.51. The number of hydrogen-bond donors (Lipinski definition) is 1. The van der Waals surface area contributed by atoms with Crippen molar-refractivity contribution in [2.24, 2.45) is 0 Å². The van der Waals surface area contributed by atoms with Crippen LogP contribution < -0.4 is 10.2 Å². The maximum atomic E-state index is 12.4. The van der Waals surface area contributed by atoms with Crippen LogP contribution in [-0.2, 0) is 0 Å². The zero-order valence-corrected chi connectivity index (χ0v) is 11.8. The van der Waals surface area contributed by atoms with Crippen molar-refractivity contribution in [3.8, 4) is 0 Å². The molecule has 1 aliphatic rings. The smallest absolute Gasteiger partial charge is 0.322 e. The van der Waals surface area contributed by atoms with Crippen molar-refractivity contribution in [3.05, 3.63) is 30.3 Å². The van der Waals surface area contributed by atoms with Crippen LogP contribution >= 0.6 is 0 Å². The molecule has 0 radical (unpaired) electrons. The first-order chi connectivity index (χ1) is 9.31. The summed E-state index contributed by atoms with van der Waals surface area (Å²) in [6, 6.07) is 10.3. The fourth-order valence-electron chi connectivity index (χ4n) is 2.73. The first-order valence-electron chi connectivity index (χ1n) is 7.44. The van der Waals surface area contributed by atoms with E-state index in [4.69, 9.17) is 0 Å². The van der Waals surface area contributed by atoms with Gasteiger partial charge in [-0.25, -0.2) is 4.79 Å². The highest BCUT2D eigenvalue weighted by molar-refractivity contribution is 5.92. The number of benzene rings is 1. The maximum absolute atomic E-state index is 12.4. The van der Waals surface area contributed by atoms with E-state index >= 15 is 0 Å². The van der Waals surface area contributed by atoms with Crippen molar-refractivity contribution < 1.29 is 4.79 Å². The molecule has 1 N–H and O–H groups in total. The van der Waals surface area contributed by atoms with Crippen molar-refractivity contribution in [1.29, 1.82) is 0 Å². The highest BCUT2D eigenvalue weighted by atomic mass is 16.2. The Morgan fingerprint density at radius 2 is 1.79 bits per heavy atom. The van der Waals surface area contributed by atoms with Crippen LogP contribution in [0.15, 0.2) is 30.3 Å². The van der Waals surface area contributed by atoms with Crippen LogP contribution in [0.2, 0.25) is 0 Å². The maximum Gasteiger partial charge on any atom is 0.322 e. The van der Waals surface area contributed by atoms with Gasteiger partial charge in [0.15, 0.2) is 0 Å². The van der Waals surface area contributed by atoms with E-state index in [1.54, 1.807) is 0 Å². The van der Waals surface area contributed by atoms with E-state index in [0.717, 1.165) is 18.5 Å². The molecule has 1 fully saturated rings. The number of carbonyl (C=O) groups excluding carboxylic acids is 1. The van der Waals surface area contributed by atoms with Crippen LogP contribution in [0.3, 0.4) is 0 Å². The number of amides is 2. The van der Waals surface area contributed by atoms with Gasteiger partial charge in [-0.15, -0.1) is 0 Å². The van der Waals surface area contributed by atoms with Gasteiger partial charge in [0.25, 0.3) is 0 Å². The first kappa shape index (κ1) is 13.9. The zero-order chi connectivity index (χ0) is 13.5. The zero-order valence-electron chi connectivity index (χ0n) is 11.8. The number of urea groups is 1. The van der Waals surface area contributed by atoms with Gasteiger partial charge < -0.3 is 5.32 Å². The minimum atomic E-state index is 0.0422. The molecular formula is C16H24N2O. The van der Waals surface area contributed by atoms with Gasteiger partial charge in [-0.3, -0.25) is 4.90 Å². The predicted octanol–water partition coefficient (Wildman–Crippen LogP) is 3.95. The Kier molecular flexibility index (Phi) is 5.25. The van der Waals surface area contributed by atoms with Gasteiger partial charge in [0.1, 0.15) is 0 Å². The largest absolute Gasteiger partial charge is 0.335 e. The highest BCUT2D eigenvalue weighted by Crippen LogP contribution is 2.18. The van der Waals surface area contributed by atoms with Crippen LogP contribution in [0, 0.1) is 0 Å². The summed E-state index contributed by atoms with van der Waals surface area (Å²) < 4.78 is 0. The molecule has 0 unspecified atom stereocenters. The molecule has 1 saturated carbocycles. The molecule has 0 aliphatic heterocycles. The van der Waals surface area contributed by atoms with Crippen molar-refractivity contribution >= 4 is 11.7 Å². The lowest BCUT2D eigenvalue weighted by atomic mass is 10.1. The van der Waals surface area contributed by atoms with Crippen LogP contribution in [-0.4, -0.2) is 18.6 Å². The van der Waals surface area contributed by atoms with Gasteiger partial charge in [-0.2, -0.15) is 0 Å². The number of carbonyl (C=O) groups is 1. The molecule has 1 aromatic carbocycles. The van der Waals surface area contributed by atoms with Gasteiger partial charge in [0, 0.05) is 18.3 Å². The second kappa shape index (κ2) is 7.17. The molecule has 0 spiro atoms. The molecule has 3 nitrogen and oxygen atoms in total. The number of anilines is 1. The van der Waals surface area contributed by atoms with Gasteiger partial charge in [0.2, 0.25) is 0 Å². The fourth-order valence-corrected chi connectivity index (χ4v) is 2.73. The Morgan fingerprint density at radius 3 is 2.37 bits per heavy atom. The first-order valence-corrected chi connectivity index (χ1v) is 7.44. The molecule has 0 heterocycles. The quantitative estimate of drug-likeness (QED) is 0.820. The lowest BCUT2D eigenvalue weighted by molar-refractivity contribution is 0.241. The summed E-state index contributed by atoms with van der Waals surface area (Å²) in [5.41, 5.74) is 0.969. The van der Waals surface area contributed by atoms with E-state index in [-0.39, 0.29) is 6.03 Å². The van der Waals surface area contributed by atoms with Crippen molar-refractivity contribution in [3.63, 3.8) is 0 Å². The van der Waals surface area contributed by atoms with Crippen LogP contribution in [0.5, 0.6) is 0 Å². The molecule has 0 atom stereocenters. The van der Waals surface area contributed by atoms with Crippen LogP contribution in [0.4, 0.5) is 10.5 Å². The Bertz CT molecular complexity index is 383. The van der Waals surface area contributed by atoms with Crippen molar-refractivity contribution in [1.82, 2.24) is 5.32 Å². The summed E-state index contributed by atoms with van der Waals surface area (Å²) in [7, 11) is 0. The second-order valence-electron chi connectivity index (χ2n) is 5.22. The monoisotopic (exact) mass is 260 g/mol. The molecule has 0 bridgehead atoms. The van der Waals surface area contributed by atoms with E-state index in [9.17, 15) is 4.79 Å². The Morgan fingerprint density at radius 1 is 1.16 bits per heavy atom. The van der Waals surface area contributed by atoms with E-state index in [1.165, 1.54) is 25.7 Å². The molecule has 0 aromatic heterocycles. The third-order valence-corrected chi connectivity index (χ3v) is 3.81. The van der Waals surface area contributed by atoms with E-state index in [0.29, 0.717) is 12.6 Å². The summed E-state index contributed by atoms with van der Waals surface area (Å²) in [4.78, 5) is 14.2. The number of para-hydroxylation sites is 1. The molecule has 1 aliphatic carbocycles. The normalized spacial score (nSPS) is 16.7. The SMILES string of the molecule is CCN(C(=O)NC1CCCCCC1)c1ccccc1. The highest BCUT2D eigenvalue weighted by Gasteiger charge is 2.19. The average Bonchev–Trinajstić information content (AvgIpc) is 2.69. The summed E-state index contributed by atoms with van der Waals surface area (Å²) >= 11 is 0. The number of nitrogens with zero attached hydrogens (tertiary/aromatic N) is 1. The third-order valence-electron chi connectivity index (χ3n) is 3.81. The number of hydrogen-bond acceptors (Lipinski definition) is 1. The van der Waals surface area contributed by atoms with E-state index in [2.05, 4.69) is 5.32 Å². The molecule has 3 heteroatoms. The molecule has 2 amide bonds. The Labute approximate surface area is 116 Å². The minimum absolute atomic E-state index is 0.0422. The third kappa shape index (κ3) is 3.98. The lowest BCUT2D eigenvalue weighted by Crippen LogP contribution is -2.44. The van der Waals surface area contributed by atoms with Crippen LogP contribution in [0.1, 0.15) is 45.4 Å². The van der Waals surface area contributed by atoms with E-state index in [1.807, 2.05) is 42.2 Å². The summed E-state index contributed by atoms with van der Waals surface area (Å²) in [6.07, 6.45) is 7.34. The average molecular weight is 260 g/mol.